The molecule has 1 atom stereocenters. The Labute approximate surface area is 401 Å². The number of para-hydroxylation sites is 1. The van der Waals surface area contributed by atoms with Crippen LogP contribution in [0.15, 0.2) is 67.1 Å². The van der Waals surface area contributed by atoms with E-state index >= 15 is 8.78 Å². The average molecular weight is 965 g/mol. The minimum atomic E-state index is -1.01. The maximum absolute atomic E-state index is 15.4. The number of aromatic nitrogens is 4. The Balaban J connectivity index is 0.638. The molecule has 4 aliphatic rings. The van der Waals surface area contributed by atoms with Crippen LogP contribution in [-0.4, -0.2) is 162 Å². The molecule has 4 aliphatic heterocycles. The molecule has 0 bridgehead atoms. The summed E-state index contributed by atoms with van der Waals surface area (Å²) in [6.07, 6.45) is 6.90. The van der Waals surface area contributed by atoms with Crippen LogP contribution in [0.5, 0.6) is 0 Å². The fourth-order valence-electron chi connectivity index (χ4n) is 9.03. The fraction of sp³-hybridized carbons (Fsp3) is 0.429. The molecule has 5 aromatic rings. The molecule has 2 aromatic heterocycles. The Morgan fingerprint density at radius 3 is 2.24 bits per heavy atom. The number of hydrogen-bond acceptors (Lipinski definition) is 14. The van der Waals surface area contributed by atoms with Gasteiger partial charge in [-0.2, -0.15) is 5.10 Å². The maximum Gasteiger partial charge on any atom is 0.317 e. The zero-order valence-electron chi connectivity index (χ0n) is 38.5. The number of fused-ring (bicyclic) bond motifs is 2. The molecular weight excluding hydrogens is 911 g/mol. The summed E-state index contributed by atoms with van der Waals surface area (Å²) in [5.74, 6) is -3.41. The lowest BCUT2D eigenvalue weighted by atomic mass is 10.0. The van der Waals surface area contributed by atoms with Crippen LogP contribution in [-0.2, 0) is 35.1 Å². The van der Waals surface area contributed by atoms with Gasteiger partial charge in [-0.05, 0) is 61.2 Å². The second-order valence-corrected chi connectivity index (χ2v) is 17.4. The standard InChI is InChI=1S/C49H54F2N10O9/c50-39-24-31(25-40(51)38(39)30-58-14-18-69-19-15-58)35-2-1-3-41-45(35)56-42(28-54-41)32-27-55-60(29-32)34-8-12-59(13-9-34)49(66)53-11-17-68-21-23-70-22-20-67-16-10-52-33-4-5-36-37(26-33)48(65)61(47(36)64)43-6-7-44(62)57-46(43)63/h1-5,24-29,34,43,52H,6-23,30H2,(H,53,66)(H,57,62,63). The van der Waals surface area contributed by atoms with Gasteiger partial charge in [0.05, 0.1) is 99.1 Å². The van der Waals surface area contributed by atoms with Crippen LogP contribution in [0.1, 0.15) is 58.0 Å². The van der Waals surface area contributed by atoms with Gasteiger partial charge in [-0.1, -0.05) is 12.1 Å². The molecule has 6 amide bonds. The third-order valence-corrected chi connectivity index (χ3v) is 12.8. The smallest absolute Gasteiger partial charge is 0.317 e. The van der Waals surface area contributed by atoms with Crippen molar-refractivity contribution >= 4 is 46.4 Å². The molecule has 0 radical (unpaired) electrons. The summed E-state index contributed by atoms with van der Waals surface area (Å²) in [7, 11) is 0. The summed E-state index contributed by atoms with van der Waals surface area (Å²) in [6.45, 7) is 6.51. The van der Waals surface area contributed by atoms with E-state index in [4.69, 9.17) is 23.9 Å². The van der Waals surface area contributed by atoms with Crippen molar-refractivity contribution in [3.8, 4) is 22.4 Å². The first-order valence-corrected chi connectivity index (χ1v) is 23.6. The van der Waals surface area contributed by atoms with E-state index in [0.717, 1.165) is 10.5 Å². The van der Waals surface area contributed by atoms with Gasteiger partial charge in [-0.3, -0.25) is 44.0 Å². The number of urea groups is 1. The van der Waals surface area contributed by atoms with Crippen molar-refractivity contribution in [2.45, 2.75) is 44.3 Å². The number of rotatable bonds is 19. The summed E-state index contributed by atoms with van der Waals surface area (Å²) < 4.78 is 54.9. The molecule has 1 unspecified atom stereocenters. The summed E-state index contributed by atoms with van der Waals surface area (Å²) in [4.78, 5) is 76.9. The second kappa shape index (κ2) is 22.3. The lowest BCUT2D eigenvalue weighted by molar-refractivity contribution is -0.136. The number of likely N-dealkylation sites (tertiary alicyclic amines) is 1. The van der Waals surface area contributed by atoms with Gasteiger partial charge < -0.3 is 34.5 Å². The highest BCUT2D eigenvalue weighted by Crippen LogP contribution is 2.33. The molecule has 3 fully saturated rings. The Hall–Kier alpha value is -6.78. The molecule has 9 rings (SSSR count). The van der Waals surface area contributed by atoms with Crippen LogP contribution in [0.25, 0.3) is 33.4 Å². The zero-order chi connectivity index (χ0) is 48.6. The molecular formula is C49H54F2N10O9. The number of imide groups is 2. The number of ether oxygens (including phenoxy) is 4. The van der Waals surface area contributed by atoms with E-state index in [1.807, 2.05) is 21.8 Å². The summed E-state index contributed by atoms with van der Waals surface area (Å²) in [5, 5.41) is 12.9. The van der Waals surface area contributed by atoms with Crippen molar-refractivity contribution in [1.82, 2.24) is 45.1 Å². The first kappa shape index (κ1) is 48.3. The fourth-order valence-corrected chi connectivity index (χ4v) is 9.03. The Morgan fingerprint density at radius 2 is 1.50 bits per heavy atom. The molecule has 3 saturated heterocycles. The van der Waals surface area contributed by atoms with Crippen molar-refractivity contribution < 1.29 is 51.7 Å². The Morgan fingerprint density at radius 1 is 0.786 bits per heavy atom. The van der Waals surface area contributed by atoms with E-state index in [1.165, 1.54) is 12.1 Å². The van der Waals surface area contributed by atoms with E-state index in [2.05, 4.69) is 26.0 Å². The number of nitrogens with zero attached hydrogens (tertiary/aromatic N) is 7. The van der Waals surface area contributed by atoms with Crippen LogP contribution in [0.4, 0.5) is 19.3 Å². The van der Waals surface area contributed by atoms with Gasteiger partial charge in [0.2, 0.25) is 11.8 Å². The Kier molecular flexibility index (Phi) is 15.4. The van der Waals surface area contributed by atoms with Crippen LogP contribution in [0, 0.1) is 11.6 Å². The molecule has 0 saturated carbocycles. The van der Waals surface area contributed by atoms with Gasteiger partial charge in [0.15, 0.2) is 0 Å². The second-order valence-electron chi connectivity index (χ2n) is 17.4. The molecule has 0 aliphatic carbocycles. The minimum Gasteiger partial charge on any atom is -0.383 e. The zero-order valence-corrected chi connectivity index (χ0v) is 38.5. The van der Waals surface area contributed by atoms with E-state index in [-0.39, 0.29) is 48.1 Å². The van der Waals surface area contributed by atoms with Crippen molar-refractivity contribution in [3.05, 3.63) is 95.4 Å². The highest BCUT2D eigenvalue weighted by Gasteiger charge is 2.44. The number of piperidine rings is 2. The first-order valence-electron chi connectivity index (χ1n) is 23.6. The Bertz CT molecular complexity index is 2720. The first-order chi connectivity index (χ1) is 34.1. The number of halogens is 2. The van der Waals surface area contributed by atoms with Crippen LogP contribution >= 0.6 is 0 Å². The van der Waals surface area contributed by atoms with Crippen molar-refractivity contribution in [3.63, 3.8) is 0 Å². The largest absolute Gasteiger partial charge is 0.383 e. The lowest BCUT2D eigenvalue weighted by Crippen LogP contribution is -2.54. The molecule has 3 aromatic carbocycles. The summed E-state index contributed by atoms with van der Waals surface area (Å²) in [5.41, 5.74) is 4.48. The average Bonchev–Trinajstić information content (AvgIpc) is 3.96. The SMILES string of the molecule is O=C1CCC(N2C(=O)c3ccc(NCCOCCOCCOCCNC(=O)N4CCC(n5cc(-c6cnc7cccc(-c8cc(F)c(CN9CCOCC9)c(F)c8)c7n6)cn5)CC4)cc3C2=O)C(=O)N1. The van der Waals surface area contributed by atoms with Crippen LogP contribution < -0.4 is 16.0 Å². The number of carbonyl (C=O) groups is 5. The van der Waals surface area contributed by atoms with E-state index < -0.39 is 41.3 Å². The van der Waals surface area contributed by atoms with Crippen LogP contribution in [0.3, 0.4) is 0 Å². The molecule has 6 heterocycles. The van der Waals surface area contributed by atoms with Gasteiger partial charge in [0, 0.05) is 80.8 Å². The number of anilines is 1. The molecule has 19 nitrogen and oxygen atoms in total. The summed E-state index contributed by atoms with van der Waals surface area (Å²) in [6, 6.07) is 11.8. The number of morpholine rings is 1. The quantitative estimate of drug-likeness (QED) is 0.0784. The van der Waals surface area contributed by atoms with Gasteiger partial charge in [0.25, 0.3) is 11.8 Å². The minimum absolute atomic E-state index is 0.0355. The highest BCUT2D eigenvalue weighted by atomic mass is 19.1. The molecule has 3 N–H and O–H groups in total. The number of nitrogens with one attached hydrogen (secondary N) is 3. The molecule has 0 spiro atoms. The van der Waals surface area contributed by atoms with Crippen LogP contribution in [0.2, 0.25) is 0 Å². The van der Waals surface area contributed by atoms with Gasteiger partial charge in [0.1, 0.15) is 17.7 Å². The van der Waals surface area contributed by atoms with E-state index in [1.54, 1.807) is 47.6 Å². The van der Waals surface area contributed by atoms with Gasteiger partial charge in [-0.15, -0.1) is 0 Å². The molecule has 70 heavy (non-hydrogen) atoms. The summed E-state index contributed by atoms with van der Waals surface area (Å²) >= 11 is 0. The maximum atomic E-state index is 15.4. The number of benzene rings is 3. The third kappa shape index (κ3) is 11.1. The predicted octanol–water partition coefficient (Wildman–Crippen LogP) is 4.18. The van der Waals surface area contributed by atoms with Gasteiger partial charge in [-0.25, -0.2) is 18.6 Å². The molecule has 21 heteroatoms. The van der Waals surface area contributed by atoms with Crippen molar-refractivity contribution in [1.29, 1.82) is 0 Å². The topological polar surface area (TPSA) is 212 Å². The monoisotopic (exact) mass is 964 g/mol. The molecule has 368 valence electrons. The normalized spacial score (nSPS) is 17.9. The number of carbonyl (C=O) groups excluding carboxylic acids is 5. The predicted molar refractivity (Wildman–Crippen MR) is 250 cm³/mol. The number of amides is 6. The van der Waals surface area contributed by atoms with Crippen molar-refractivity contribution in [2.24, 2.45) is 0 Å². The lowest BCUT2D eigenvalue weighted by Gasteiger charge is -2.32. The van der Waals surface area contributed by atoms with Crippen molar-refractivity contribution in [2.75, 3.05) is 97.4 Å². The number of hydrogen-bond donors (Lipinski definition) is 3. The van der Waals surface area contributed by atoms with Gasteiger partial charge >= 0.3 is 6.03 Å². The third-order valence-electron chi connectivity index (χ3n) is 12.8. The van der Waals surface area contributed by atoms with E-state index in [9.17, 15) is 24.0 Å². The van der Waals surface area contributed by atoms with E-state index in [0.29, 0.717) is 139 Å². The highest BCUT2D eigenvalue weighted by molar-refractivity contribution is 6.23.